The number of halogens is 4. The van der Waals surface area contributed by atoms with Crippen molar-refractivity contribution < 1.29 is 18.7 Å². The van der Waals surface area contributed by atoms with Gasteiger partial charge in [-0.05, 0) is 35.9 Å². The number of rotatable bonds is 5. The molecule has 2 rings (SSSR count). The lowest BCUT2D eigenvalue weighted by atomic mass is 10.2. The summed E-state index contributed by atoms with van der Waals surface area (Å²) in [5, 5.41) is 3.13. The molecule has 0 aliphatic carbocycles. The van der Waals surface area contributed by atoms with Crippen molar-refractivity contribution in [2.75, 3.05) is 11.9 Å². The van der Waals surface area contributed by atoms with Crippen LogP contribution < -0.4 is 5.32 Å². The predicted octanol–water partition coefficient (Wildman–Crippen LogP) is 4.98. The van der Waals surface area contributed by atoms with Crippen molar-refractivity contribution >= 4 is 58.4 Å². The van der Waals surface area contributed by atoms with Crippen molar-refractivity contribution in [1.29, 1.82) is 0 Å². The summed E-state index contributed by atoms with van der Waals surface area (Å²) in [4.78, 5) is 23.4. The standard InChI is InChI=1S/C17H11Cl3FNO3/c18-12-7-14(20)15(8-13(12)19)22-16(23)9-25-17(24)6-3-10-1-4-11(21)5-2-10/h1-8H,9H2,(H,22,23)/b6-3+. The zero-order valence-electron chi connectivity index (χ0n) is 12.6. The molecule has 130 valence electrons. The summed E-state index contributed by atoms with van der Waals surface area (Å²) in [6, 6.07) is 8.30. The fourth-order valence-corrected chi connectivity index (χ4v) is 2.32. The van der Waals surface area contributed by atoms with E-state index in [0.717, 1.165) is 6.08 Å². The van der Waals surface area contributed by atoms with Gasteiger partial charge in [0, 0.05) is 6.08 Å². The number of carbonyl (C=O) groups excluding carboxylic acids is 2. The van der Waals surface area contributed by atoms with Crippen LogP contribution in [0.3, 0.4) is 0 Å². The number of hydrogen-bond donors (Lipinski definition) is 1. The van der Waals surface area contributed by atoms with Gasteiger partial charge in [-0.3, -0.25) is 4.79 Å². The molecular formula is C17H11Cl3FNO3. The fraction of sp³-hybridized carbons (Fsp3) is 0.0588. The number of nitrogens with one attached hydrogen (secondary N) is 1. The third kappa shape index (κ3) is 6.05. The van der Waals surface area contributed by atoms with Gasteiger partial charge in [0.25, 0.3) is 5.91 Å². The Labute approximate surface area is 158 Å². The Hall–Kier alpha value is -2.08. The van der Waals surface area contributed by atoms with Crippen LogP contribution in [-0.4, -0.2) is 18.5 Å². The van der Waals surface area contributed by atoms with E-state index in [-0.39, 0.29) is 26.6 Å². The highest BCUT2D eigenvalue weighted by Crippen LogP contribution is 2.32. The molecule has 0 radical (unpaired) electrons. The van der Waals surface area contributed by atoms with Crippen LogP contribution in [0.4, 0.5) is 10.1 Å². The van der Waals surface area contributed by atoms with Crippen molar-refractivity contribution in [2.24, 2.45) is 0 Å². The summed E-state index contributed by atoms with van der Waals surface area (Å²) in [6.07, 6.45) is 2.57. The Morgan fingerprint density at radius 1 is 1.04 bits per heavy atom. The van der Waals surface area contributed by atoms with Gasteiger partial charge < -0.3 is 10.1 Å². The molecule has 25 heavy (non-hydrogen) atoms. The monoisotopic (exact) mass is 401 g/mol. The quantitative estimate of drug-likeness (QED) is 0.436. The summed E-state index contributed by atoms with van der Waals surface area (Å²) in [5.74, 6) is -1.69. The summed E-state index contributed by atoms with van der Waals surface area (Å²) >= 11 is 17.6. The lowest BCUT2D eigenvalue weighted by Crippen LogP contribution is -2.20. The van der Waals surface area contributed by atoms with E-state index in [1.807, 2.05) is 0 Å². The molecular weight excluding hydrogens is 392 g/mol. The maximum Gasteiger partial charge on any atom is 0.331 e. The van der Waals surface area contributed by atoms with Crippen LogP contribution in [0.15, 0.2) is 42.5 Å². The zero-order valence-corrected chi connectivity index (χ0v) is 14.8. The smallest absolute Gasteiger partial charge is 0.331 e. The molecule has 0 aromatic heterocycles. The van der Waals surface area contributed by atoms with E-state index in [0.29, 0.717) is 5.56 Å². The second kappa shape index (κ2) is 8.85. The Morgan fingerprint density at radius 2 is 1.68 bits per heavy atom. The van der Waals surface area contributed by atoms with Crippen LogP contribution in [0.25, 0.3) is 6.08 Å². The number of benzene rings is 2. The lowest BCUT2D eigenvalue weighted by Gasteiger charge is -2.08. The van der Waals surface area contributed by atoms with E-state index in [1.165, 1.54) is 42.5 Å². The topological polar surface area (TPSA) is 55.4 Å². The normalized spacial score (nSPS) is 10.7. The van der Waals surface area contributed by atoms with Crippen molar-refractivity contribution in [3.63, 3.8) is 0 Å². The first kappa shape index (κ1) is 19.2. The van der Waals surface area contributed by atoms with Crippen LogP contribution >= 0.6 is 34.8 Å². The highest BCUT2D eigenvalue weighted by Gasteiger charge is 2.10. The molecule has 2 aromatic carbocycles. The molecule has 0 aliphatic heterocycles. The molecule has 4 nitrogen and oxygen atoms in total. The molecule has 0 heterocycles. The average molecular weight is 403 g/mol. The Balaban J connectivity index is 1.86. The highest BCUT2D eigenvalue weighted by atomic mass is 35.5. The van der Waals surface area contributed by atoms with Gasteiger partial charge >= 0.3 is 5.97 Å². The van der Waals surface area contributed by atoms with E-state index in [2.05, 4.69) is 5.32 Å². The summed E-state index contributed by atoms with van der Waals surface area (Å²) < 4.78 is 17.6. The second-order valence-electron chi connectivity index (χ2n) is 4.79. The van der Waals surface area contributed by atoms with E-state index < -0.39 is 18.5 Å². The van der Waals surface area contributed by atoms with Gasteiger partial charge in [-0.25, -0.2) is 9.18 Å². The number of ether oxygens (including phenoxy) is 1. The van der Waals surface area contributed by atoms with E-state index in [9.17, 15) is 14.0 Å². The number of esters is 1. The Bertz CT molecular complexity index is 823. The number of amides is 1. The molecule has 0 saturated heterocycles. The largest absolute Gasteiger partial charge is 0.452 e. The molecule has 1 N–H and O–H groups in total. The fourth-order valence-electron chi connectivity index (χ4n) is 1.73. The average Bonchev–Trinajstić information content (AvgIpc) is 2.57. The van der Waals surface area contributed by atoms with Gasteiger partial charge in [0.2, 0.25) is 0 Å². The summed E-state index contributed by atoms with van der Waals surface area (Å²) in [7, 11) is 0. The molecule has 0 unspecified atom stereocenters. The maximum atomic E-state index is 12.8. The first-order chi connectivity index (χ1) is 11.8. The van der Waals surface area contributed by atoms with Crippen molar-refractivity contribution in [2.45, 2.75) is 0 Å². The van der Waals surface area contributed by atoms with Gasteiger partial charge in [-0.1, -0.05) is 46.9 Å². The first-order valence-corrected chi connectivity index (χ1v) is 8.03. The third-order valence-electron chi connectivity index (χ3n) is 2.91. The minimum absolute atomic E-state index is 0.199. The van der Waals surface area contributed by atoms with Crippen LogP contribution in [0, 0.1) is 5.82 Å². The Kier molecular flexibility index (Phi) is 6.82. The van der Waals surface area contributed by atoms with Gasteiger partial charge in [0.05, 0.1) is 20.8 Å². The van der Waals surface area contributed by atoms with Crippen LogP contribution in [-0.2, 0) is 14.3 Å². The van der Waals surface area contributed by atoms with Crippen molar-refractivity contribution in [3.05, 3.63) is 68.9 Å². The number of hydrogen-bond acceptors (Lipinski definition) is 3. The second-order valence-corrected chi connectivity index (χ2v) is 6.01. The van der Waals surface area contributed by atoms with Crippen LogP contribution in [0.5, 0.6) is 0 Å². The Morgan fingerprint density at radius 3 is 2.36 bits per heavy atom. The van der Waals surface area contributed by atoms with Crippen molar-refractivity contribution in [1.82, 2.24) is 0 Å². The van der Waals surface area contributed by atoms with Crippen molar-refractivity contribution in [3.8, 4) is 0 Å². The lowest BCUT2D eigenvalue weighted by molar-refractivity contribution is -0.142. The van der Waals surface area contributed by atoms with E-state index in [4.69, 9.17) is 39.5 Å². The third-order valence-corrected chi connectivity index (χ3v) is 3.95. The molecule has 0 aliphatic rings. The molecule has 0 atom stereocenters. The SMILES string of the molecule is O=C(COC(=O)/C=C/c1ccc(F)cc1)Nc1cc(Cl)c(Cl)cc1Cl. The molecule has 0 saturated carbocycles. The molecule has 0 bridgehead atoms. The van der Waals surface area contributed by atoms with Gasteiger partial charge in [0.15, 0.2) is 6.61 Å². The number of anilines is 1. The van der Waals surface area contributed by atoms with Gasteiger partial charge in [0.1, 0.15) is 5.82 Å². The summed E-state index contributed by atoms with van der Waals surface area (Å²) in [5.41, 5.74) is 0.865. The highest BCUT2D eigenvalue weighted by molar-refractivity contribution is 6.44. The molecule has 2 aromatic rings. The summed E-state index contributed by atoms with van der Waals surface area (Å²) in [6.45, 7) is -0.511. The van der Waals surface area contributed by atoms with Gasteiger partial charge in [-0.2, -0.15) is 0 Å². The molecule has 8 heteroatoms. The molecule has 0 fully saturated rings. The van der Waals surface area contributed by atoms with Crippen LogP contribution in [0.2, 0.25) is 15.1 Å². The maximum absolute atomic E-state index is 12.8. The molecule has 1 amide bonds. The zero-order chi connectivity index (χ0) is 18.4. The predicted molar refractivity (Wildman–Crippen MR) is 96.5 cm³/mol. The van der Waals surface area contributed by atoms with E-state index in [1.54, 1.807) is 0 Å². The first-order valence-electron chi connectivity index (χ1n) is 6.90. The molecule has 0 spiro atoms. The number of carbonyl (C=O) groups is 2. The minimum Gasteiger partial charge on any atom is -0.452 e. The minimum atomic E-state index is -0.722. The van der Waals surface area contributed by atoms with Gasteiger partial charge in [-0.15, -0.1) is 0 Å². The van der Waals surface area contributed by atoms with E-state index >= 15 is 0 Å². The van der Waals surface area contributed by atoms with Crippen LogP contribution in [0.1, 0.15) is 5.56 Å².